The van der Waals surface area contributed by atoms with Gasteiger partial charge in [0.15, 0.2) is 0 Å². The van der Waals surface area contributed by atoms with E-state index in [0.717, 1.165) is 36.1 Å². The summed E-state index contributed by atoms with van der Waals surface area (Å²) in [6, 6.07) is 2.72. The van der Waals surface area contributed by atoms with Gasteiger partial charge in [-0.1, -0.05) is 0 Å². The number of carbonyl (C=O) groups excluding carboxylic acids is 1. The van der Waals surface area contributed by atoms with Gasteiger partial charge in [0.2, 0.25) is 0 Å². The van der Waals surface area contributed by atoms with Crippen molar-refractivity contribution >= 4 is 21.8 Å². The van der Waals surface area contributed by atoms with Crippen molar-refractivity contribution in [3.8, 4) is 0 Å². The summed E-state index contributed by atoms with van der Waals surface area (Å²) in [4.78, 5) is 12.3. The maximum Gasteiger partial charge on any atom is 0.268 e. The Labute approximate surface area is 115 Å². The average molecular weight is 312 g/mol. The van der Waals surface area contributed by atoms with Crippen molar-refractivity contribution in [3.63, 3.8) is 0 Å². The fourth-order valence-corrected chi connectivity index (χ4v) is 2.95. The van der Waals surface area contributed by atoms with Crippen molar-refractivity contribution in [3.05, 3.63) is 22.4 Å². The number of nitrogens with zero attached hydrogens (tertiary/aromatic N) is 1. The Kier molecular flexibility index (Phi) is 3.43. The van der Waals surface area contributed by atoms with E-state index < -0.39 is 0 Å². The summed E-state index contributed by atoms with van der Waals surface area (Å²) < 4.78 is 3.09. The second kappa shape index (κ2) is 5.05. The first-order chi connectivity index (χ1) is 8.74. The third kappa shape index (κ3) is 2.62. The van der Waals surface area contributed by atoms with Gasteiger partial charge in [-0.05, 0) is 54.2 Å². The molecule has 0 bridgehead atoms. The third-order valence-electron chi connectivity index (χ3n) is 3.62. The second-order valence-electron chi connectivity index (χ2n) is 5.20. The summed E-state index contributed by atoms with van der Waals surface area (Å²) in [6.45, 7) is 1.95. The van der Waals surface area contributed by atoms with E-state index in [2.05, 4.69) is 31.1 Å². The number of hydrogen-bond acceptors (Lipinski definition) is 2. The lowest BCUT2D eigenvalue weighted by Crippen LogP contribution is -2.46. The molecule has 0 unspecified atom stereocenters. The van der Waals surface area contributed by atoms with E-state index >= 15 is 0 Å². The van der Waals surface area contributed by atoms with Gasteiger partial charge in [0.1, 0.15) is 5.69 Å². The third-order valence-corrected chi connectivity index (χ3v) is 4.05. The van der Waals surface area contributed by atoms with Crippen LogP contribution in [0.3, 0.4) is 0 Å². The van der Waals surface area contributed by atoms with Gasteiger partial charge in [-0.3, -0.25) is 4.79 Å². The number of aromatic nitrogens is 1. The van der Waals surface area contributed by atoms with E-state index in [1.807, 2.05) is 12.3 Å². The zero-order valence-electron chi connectivity index (χ0n) is 10.3. The molecule has 5 heteroatoms. The molecule has 98 valence electrons. The van der Waals surface area contributed by atoms with E-state index in [9.17, 15) is 4.79 Å². The number of hydrogen-bond donors (Lipinski definition) is 2. The molecule has 1 aliphatic carbocycles. The van der Waals surface area contributed by atoms with Crippen molar-refractivity contribution in [2.75, 3.05) is 13.1 Å². The molecule has 18 heavy (non-hydrogen) atoms. The lowest BCUT2D eigenvalue weighted by molar-refractivity contribution is 0.0921. The molecule has 1 aromatic rings. The Morgan fingerprint density at radius 3 is 2.94 bits per heavy atom. The van der Waals surface area contributed by atoms with Gasteiger partial charge in [-0.2, -0.15) is 0 Å². The van der Waals surface area contributed by atoms with Gasteiger partial charge in [-0.25, -0.2) is 0 Å². The molecule has 0 aromatic carbocycles. The molecule has 1 amide bonds. The van der Waals surface area contributed by atoms with Crippen LogP contribution in [0.25, 0.3) is 0 Å². The normalized spacial score (nSPS) is 23.9. The molecule has 2 heterocycles. The monoisotopic (exact) mass is 311 g/mol. The molecule has 1 aromatic heterocycles. The van der Waals surface area contributed by atoms with Crippen LogP contribution in [-0.2, 0) is 0 Å². The summed E-state index contributed by atoms with van der Waals surface area (Å²) >= 11 is 3.46. The highest BCUT2D eigenvalue weighted by Gasteiger charge is 2.28. The summed E-state index contributed by atoms with van der Waals surface area (Å²) in [5.41, 5.74) is 0.787. The highest BCUT2D eigenvalue weighted by Crippen LogP contribution is 2.37. The van der Waals surface area contributed by atoms with Crippen molar-refractivity contribution in [1.82, 2.24) is 15.2 Å². The van der Waals surface area contributed by atoms with Crippen LogP contribution in [0.5, 0.6) is 0 Å². The summed E-state index contributed by atoms with van der Waals surface area (Å²) in [5, 5.41) is 6.44. The van der Waals surface area contributed by atoms with Crippen LogP contribution in [0.1, 0.15) is 42.2 Å². The van der Waals surface area contributed by atoms with Gasteiger partial charge in [0.05, 0.1) is 0 Å². The van der Waals surface area contributed by atoms with Crippen molar-refractivity contribution in [2.24, 2.45) is 0 Å². The van der Waals surface area contributed by atoms with Crippen molar-refractivity contribution < 1.29 is 4.79 Å². The van der Waals surface area contributed by atoms with Gasteiger partial charge < -0.3 is 15.2 Å². The molecule has 1 saturated heterocycles. The lowest BCUT2D eigenvalue weighted by Gasteiger charge is -2.24. The molecule has 4 nitrogen and oxygen atoms in total. The molecular weight excluding hydrogens is 294 g/mol. The molecule has 0 radical (unpaired) electrons. The average Bonchev–Trinajstić information content (AvgIpc) is 3.13. The summed E-state index contributed by atoms with van der Waals surface area (Å²) in [5.74, 6) is 0.0568. The van der Waals surface area contributed by atoms with Crippen LogP contribution in [0.15, 0.2) is 16.7 Å². The Balaban J connectivity index is 1.71. The molecule has 0 spiro atoms. The summed E-state index contributed by atoms with van der Waals surface area (Å²) in [6.07, 6.45) is 6.60. The minimum absolute atomic E-state index is 0.0568. The smallest absolute Gasteiger partial charge is 0.268 e. The highest BCUT2D eigenvalue weighted by atomic mass is 79.9. The maximum atomic E-state index is 12.3. The van der Waals surface area contributed by atoms with Gasteiger partial charge in [0, 0.05) is 29.3 Å². The molecular formula is C13H18BrN3O. The van der Waals surface area contributed by atoms with Crippen LogP contribution < -0.4 is 10.6 Å². The maximum absolute atomic E-state index is 12.3. The van der Waals surface area contributed by atoms with Gasteiger partial charge in [-0.15, -0.1) is 0 Å². The number of carbonyl (C=O) groups is 1. The van der Waals surface area contributed by atoms with Crippen LogP contribution >= 0.6 is 15.9 Å². The van der Waals surface area contributed by atoms with E-state index in [1.165, 1.54) is 12.8 Å². The van der Waals surface area contributed by atoms with Crippen LogP contribution in [0.4, 0.5) is 0 Å². The molecule has 3 rings (SSSR count). The van der Waals surface area contributed by atoms with Crippen LogP contribution in [-0.4, -0.2) is 29.6 Å². The fraction of sp³-hybridized carbons (Fsp3) is 0.615. The number of halogens is 1. The van der Waals surface area contributed by atoms with Gasteiger partial charge in [0.25, 0.3) is 5.91 Å². The quantitative estimate of drug-likeness (QED) is 0.897. The number of amides is 1. The van der Waals surface area contributed by atoms with Crippen LogP contribution in [0.2, 0.25) is 0 Å². The second-order valence-corrected chi connectivity index (χ2v) is 6.11. The van der Waals surface area contributed by atoms with Crippen molar-refractivity contribution in [1.29, 1.82) is 0 Å². The minimum Gasteiger partial charge on any atom is -0.347 e. The summed E-state index contributed by atoms with van der Waals surface area (Å²) in [7, 11) is 0. The topological polar surface area (TPSA) is 46.1 Å². The molecule has 1 aliphatic heterocycles. The minimum atomic E-state index is 0.0568. The predicted octanol–water partition coefficient (Wildman–Crippen LogP) is 2.07. The largest absolute Gasteiger partial charge is 0.347 e. The number of nitrogens with one attached hydrogen (secondary N) is 2. The number of rotatable bonds is 3. The molecule has 1 saturated carbocycles. The Morgan fingerprint density at radius 1 is 1.44 bits per heavy atom. The van der Waals surface area contributed by atoms with Crippen LogP contribution in [0, 0.1) is 0 Å². The highest BCUT2D eigenvalue weighted by molar-refractivity contribution is 9.10. The molecule has 2 aliphatic rings. The standard InChI is InChI=1S/C13H18BrN3O/c14-9-6-12(17(8-9)11-3-4-11)13(18)16-10-2-1-5-15-7-10/h6,8,10-11,15H,1-5,7H2,(H,16,18)/t10-/m0/s1. The van der Waals surface area contributed by atoms with Crippen molar-refractivity contribution in [2.45, 2.75) is 37.8 Å². The zero-order valence-corrected chi connectivity index (χ0v) is 11.9. The van der Waals surface area contributed by atoms with E-state index in [0.29, 0.717) is 6.04 Å². The van der Waals surface area contributed by atoms with Gasteiger partial charge >= 0.3 is 0 Å². The Morgan fingerprint density at radius 2 is 2.28 bits per heavy atom. The van der Waals surface area contributed by atoms with E-state index in [1.54, 1.807) is 0 Å². The fourth-order valence-electron chi connectivity index (χ4n) is 2.52. The molecule has 2 fully saturated rings. The van der Waals surface area contributed by atoms with E-state index in [4.69, 9.17) is 0 Å². The first kappa shape index (κ1) is 12.2. The Hall–Kier alpha value is -0.810. The Bertz CT molecular complexity index is 447. The first-order valence-electron chi connectivity index (χ1n) is 6.63. The SMILES string of the molecule is O=C(N[C@H]1CCCNC1)c1cc(Br)cn1C1CC1. The zero-order chi connectivity index (χ0) is 12.5. The molecule has 1 atom stereocenters. The first-order valence-corrected chi connectivity index (χ1v) is 7.42. The molecule has 2 N–H and O–H groups in total. The lowest BCUT2D eigenvalue weighted by atomic mass is 10.1. The predicted molar refractivity (Wildman–Crippen MR) is 73.8 cm³/mol. The number of piperidine rings is 1. The van der Waals surface area contributed by atoms with E-state index in [-0.39, 0.29) is 11.9 Å².